The molecule has 1 aliphatic rings. The molecule has 28 heavy (non-hydrogen) atoms. The average molecular weight is 497 g/mol. The van der Waals surface area contributed by atoms with Crippen molar-refractivity contribution in [2.75, 3.05) is 18.4 Å². The molecular weight excluding hydrogens is 481 g/mol. The molecule has 152 valence electrons. The second-order valence-electron chi connectivity index (χ2n) is 6.30. The molecule has 0 saturated carbocycles. The third-order valence-electron chi connectivity index (χ3n) is 4.45. The van der Waals surface area contributed by atoms with Gasteiger partial charge in [0.1, 0.15) is 4.21 Å². The molecule has 1 fully saturated rings. The van der Waals surface area contributed by atoms with Gasteiger partial charge in [0.25, 0.3) is 10.0 Å². The van der Waals surface area contributed by atoms with Crippen LogP contribution in [0, 0.1) is 5.92 Å². The smallest absolute Gasteiger partial charge is 0.326 e. The Hall–Kier alpha value is -1.43. The molecule has 1 amide bonds. The van der Waals surface area contributed by atoms with E-state index in [1.807, 2.05) is 0 Å². The van der Waals surface area contributed by atoms with Crippen molar-refractivity contribution < 1.29 is 26.4 Å². The van der Waals surface area contributed by atoms with E-state index in [-0.39, 0.29) is 28.9 Å². The topological polar surface area (TPSA) is 66.5 Å². The van der Waals surface area contributed by atoms with E-state index in [1.165, 1.54) is 22.5 Å². The molecule has 0 bridgehead atoms. The number of hydrogen-bond donors (Lipinski definition) is 1. The van der Waals surface area contributed by atoms with E-state index in [2.05, 4.69) is 21.2 Å². The largest absolute Gasteiger partial charge is 0.416 e. The summed E-state index contributed by atoms with van der Waals surface area (Å²) in [5.41, 5.74) is -0.513. The number of hydrogen-bond acceptors (Lipinski definition) is 4. The number of carbonyl (C=O) groups is 1. The van der Waals surface area contributed by atoms with Crippen molar-refractivity contribution in [1.29, 1.82) is 0 Å². The van der Waals surface area contributed by atoms with E-state index in [0.717, 1.165) is 27.3 Å². The SMILES string of the molecule is O=C(Nc1ccc(C(F)(F)F)cc1)C1CCN(S(=O)(=O)c2ccc(Br)s2)CC1. The van der Waals surface area contributed by atoms with E-state index in [1.54, 1.807) is 6.07 Å². The van der Waals surface area contributed by atoms with Crippen LogP contribution in [0.25, 0.3) is 0 Å². The molecule has 1 aromatic heterocycles. The quantitative estimate of drug-likeness (QED) is 0.674. The van der Waals surface area contributed by atoms with Gasteiger partial charge in [0.15, 0.2) is 0 Å². The molecule has 0 spiro atoms. The molecular formula is C17H16BrF3N2O3S2. The average Bonchev–Trinajstić information content (AvgIpc) is 3.09. The van der Waals surface area contributed by atoms with Crippen LogP contribution in [0.5, 0.6) is 0 Å². The first-order chi connectivity index (χ1) is 13.1. The van der Waals surface area contributed by atoms with Crippen LogP contribution in [-0.2, 0) is 21.0 Å². The van der Waals surface area contributed by atoms with Gasteiger partial charge in [0, 0.05) is 24.7 Å². The number of amides is 1. The number of piperidine rings is 1. The molecule has 11 heteroatoms. The number of anilines is 1. The van der Waals surface area contributed by atoms with Crippen molar-refractivity contribution in [2.24, 2.45) is 5.92 Å². The van der Waals surface area contributed by atoms with Gasteiger partial charge in [0.05, 0.1) is 9.35 Å². The normalized spacial score (nSPS) is 16.9. The fraction of sp³-hybridized carbons (Fsp3) is 0.353. The maximum atomic E-state index is 12.6. The Balaban J connectivity index is 1.58. The van der Waals surface area contributed by atoms with Crippen molar-refractivity contribution >= 4 is 48.9 Å². The molecule has 0 aliphatic carbocycles. The Kier molecular flexibility index (Phi) is 6.18. The summed E-state index contributed by atoms with van der Waals surface area (Å²) in [4.78, 5) is 12.4. The van der Waals surface area contributed by atoms with E-state index >= 15 is 0 Å². The molecule has 1 aliphatic heterocycles. The van der Waals surface area contributed by atoms with E-state index < -0.39 is 27.7 Å². The standard InChI is InChI=1S/C17H16BrF3N2O3S2/c18-14-5-6-15(27-14)28(25,26)23-9-7-11(8-10-23)16(24)22-13-3-1-12(2-4-13)17(19,20)21/h1-6,11H,7-10H2,(H,22,24). The minimum Gasteiger partial charge on any atom is -0.326 e. The minimum absolute atomic E-state index is 0.211. The fourth-order valence-corrected chi connectivity index (χ4v) is 6.54. The number of rotatable bonds is 4. The van der Waals surface area contributed by atoms with Crippen LogP contribution in [0.1, 0.15) is 18.4 Å². The van der Waals surface area contributed by atoms with E-state index in [4.69, 9.17) is 0 Å². The van der Waals surface area contributed by atoms with Crippen LogP contribution >= 0.6 is 27.3 Å². The first kappa shape index (κ1) is 21.3. The second-order valence-corrected chi connectivity index (χ2v) is 10.9. The number of halogens is 4. The summed E-state index contributed by atoms with van der Waals surface area (Å²) in [6.45, 7) is 0.423. The number of carbonyl (C=O) groups excluding carboxylic acids is 1. The molecule has 0 unspecified atom stereocenters. The second kappa shape index (κ2) is 8.13. The fourth-order valence-electron chi connectivity index (χ4n) is 2.91. The highest BCUT2D eigenvalue weighted by Crippen LogP contribution is 2.32. The Labute approximate surface area is 172 Å². The lowest BCUT2D eigenvalue weighted by Crippen LogP contribution is -2.41. The Morgan fingerprint density at radius 2 is 1.71 bits per heavy atom. The summed E-state index contributed by atoms with van der Waals surface area (Å²) in [6, 6.07) is 7.42. The highest BCUT2D eigenvalue weighted by Gasteiger charge is 2.33. The van der Waals surface area contributed by atoms with Crippen molar-refractivity contribution in [3.63, 3.8) is 0 Å². The maximum absolute atomic E-state index is 12.6. The molecule has 3 rings (SSSR count). The van der Waals surface area contributed by atoms with Gasteiger partial charge in [-0.05, 0) is 65.2 Å². The minimum atomic E-state index is -4.43. The first-order valence-electron chi connectivity index (χ1n) is 8.31. The van der Waals surface area contributed by atoms with Crippen LogP contribution in [0.2, 0.25) is 0 Å². The number of benzene rings is 1. The van der Waals surface area contributed by atoms with Crippen LogP contribution < -0.4 is 5.32 Å². The number of sulfonamides is 1. The molecule has 1 aromatic carbocycles. The highest BCUT2D eigenvalue weighted by atomic mass is 79.9. The van der Waals surface area contributed by atoms with Gasteiger partial charge in [-0.15, -0.1) is 11.3 Å². The molecule has 5 nitrogen and oxygen atoms in total. The summed E-state index contributed by atoms with van der Waals surface area (Å²) >= 11 is 4.37. The monoisotopic (exact) mass is 496 g/mol. The predicted molar refractivity (Wildman–Crippen MR) is 104 cm³/mol. The zero-order chi connectivity index (χ0) is 20.5. The van der Waals surface area contributed by atoms with Crippen molar-refractivity contribution in [2.45, 2.75) is 23.2 Å². The summed E-state index contributed by atoms with van der Waals surface area (Å²) < 4.78 is 65.3. The molecule has 1 saturated heterocycles. The van der Waals surface area contributed by atoms with Gasteiger partial charge in [0.2, 0.25) is 5.91 Å². The van der Waals surface area contributed by atoms with E-state index in [9.17, 15) is 26.4 Å². The third-order valence-corrected chi connectivity index (χ3v) is 8.44. The Morgan fingerprint density at radius 3 is 2.21 bits per heavy atom. The van der Waals surface area contributed by atoms with Crippen molar-refractivity contribution in [1.82, 2.24) is 4.31 Å². The number of alkyl halides is 3. The van der Waals surface area contributed by atoms with Gasteiger partial charge >= 0.3 is 6.18 Å². The van der Waals surface area contributed by atoms with Gasteiger partial charge < -0.3 is 5.32 Å². The lowest BCUT2D eigenvalue weighted by molar-refractivity contribution is -0.137. The Morgan fingerprint density at radius 1 is 1.11 bits per heavy atom. The van der Waals surface area contributed by atoms with Gasteiger partial charge in [-0.3, -0.25) is 4.79 Å². The van der Waals surface area contributed by atoms with Crippen LogP contribution in [-0.4, -0.2) is 31.7 Å². The molecule has 1 N–H and O–H groups in total. The number of nitrogens with one attached hydrogen (secondary N) is 1. The zero-order valence-electron chi connectivity index (χ0n) is 14.4. The van der Waals surface area contributed by atoms with Crippen molar-refractivity contribution in [3.8, 4) is 0 Å². The van der Waals surface area contributed by atoms with Gasteiger partial charge in [-0.2, -0.15) is 17.5 Å². The predicted octanol–water partition coefficient (Wildman–Crippen LogP) is 4.57. The van der Waals surface area contributed by atoms with Crippen LogP contribution in [0.4, 0.5) is 18.9 Å². The van der Waals surface area contributed by atoms with Crippen molar-refractivity contribution in [3.05, 3.63) is 45.7 Å². The van der Waals surface area contributed by atoms with Crippen LogP contribution in [0.15, 0.2) is 44.4 Å². The first-order valence-corrected chi connectivity index (χ1v) is 11.4. The lowest BCUT2D eigenvalue weighted by atomic mass is 9.97. The summed E-state index contributed by atoms with van der Waals surface area (Å²) in [5.74, 6) is -0.723. The Bertz CT molecular complexity index is 951. The molecule has 2 aromatic rings. The van der Waals surface area contributed by atoms with Gasteiger partial charge in [-0.25, -0.2) is 8.42 Å². The summed E-state index contributed by atoms with van der Waals surface area (Å²) in [7, 11) is -3.58. The summed E-state index contributed by atoms with van der Waals surface area (Å²) in [6.07, 6.45) is -3.74. The highest BCUT2D eigenvalue weighted by molar-refractivity contribution is 9.11. The third kappa shape index (κ3) is 4.76. The zero-order valence-corrected chi connectivity index (χ0v) is 17.6. The van der Waals surface area contributed by atoms with Gasteiger partial charge in [-0.1, -0.05) is 0 Å². The summed E-state index contributed by atoms with van der Waals surface area (Å²) in [5, 5.41) is 2.60. The lowest BCUT2D eigenvalue weighted by Gasteiger charge is -2.30. The molecule has 0 atom stereocenters. The maximum Gasteiger partial charge on any atom is 0.416 e. The number of thiophene rings is 1. The van der Waals surface area contributed by atoms with Crippen LogP contribution in [0.3, 0.4) is 0 Å². The molecule has 0 radical (unpaired) electrons. The number of nitrogens with zero attached hydrogens (tertiary/aromatic N) is 1. The molecule has 2 heterocycles. The van der Waals surface area contributed by atoms with E-state index in [0.29, 0.717) is 12.8 Å².